The number of amides is 4. The van der Waals surface area contributed by atoms with Crippen molar-refractivity contribution in [2.75, 3.05) is 74.9 Å². The van der Waals surface area contributed by atoms with E-state index in [9.17, 15) is 19.2 Å². The number of nitrogens with zero attached hydrogens (tertiary/aromatic N) is 11. The van der Waals surface area contributed by atoms with Gasteiger partial charge in [-0.25, -0.2) is 38.2 Å². The lowest BCUT2D eigenvalue weighted by Gasteiger charge is -2.50. The molecular weight excluding hydrogens is 923 g/mol. The number of benzene rings is 1. The third kappa shape index (κ3) is 9.50. The third-order valence-corrected chi connectivity index (χ3v) is 14.5. The van der Waals surface area contributed by atoms with Crippen LogP contribution < -0.4 is 26.0 Å². The minimum Gasteiger partial charge on any atom is -0.483 e. The number of aromatic nitrogens is 7. The average molecular weight is 981 g/mol. The van der Waals surface area contributed by atoms with E-state index >= 15 is 8.78 Å². The molecule has 376 valence electrons. The van der Waals surface area contributed by atoms with Gasteiger partial charge in [0.05, 0.1) is 53.3 Å². The molecule has 1 unspecified atom stereocenters. The highest BCUT2D eigenvalue weighted by Gasteiger charge is 2.41. The van der Waals surface area contributed by atoms with Crippen LogP contribution in [0, 0.1) is 17.6 Å². The van der Waals surface area contributed by atoms with Crippen molar-refractivity contribution >= 4 is 52.0 Å². The molecule has 1 saturated carbocycles. The number of nitrogen functional groups attached to an aromatic ring is 1. The lowest BCUT2D eigenvalue weighted by atomic mass is 9.78. The van der Waals surface area contributed by atoms with Gasteiger partial charge in [0.2, 0.25) is 11.8 Å². The van der Waals surface area contributed by atoms with E-state index in [1.165, 1.54) is 11.2 Å². The van der Waals surface area contributed by atoms with E-state index in [1.54, 1.807) is 22.0 Å². The van der Waals surface area contributed by atoms with Crippen molar-refractivity contribution in [2.45, 2.75) is 102 Å². The van der Waals surface area contributed by atoms with Crippen molar-refractivity contribution in [1.29, 1.82) is 0 Å². The standard InChI is InChI=1S/C48H58F2N14O7/c1-47(2,3)64-44-38(42(51)54-25-55-44)39(58-64)40-37(41(71-59-40)26-6-7-26)43-52-20-28(21-53-43)70-29-22-62(23-29)46(68)69-24-36(66)61-12-10-27(11-13-61)48(4,5)63-16-14-60(15-17-63)34-19-30(49)33(18-31(34)50)56-32-8-9-35(65)57-45(32)67/h18-21,25-27,29,32,56H,6-17,22-24H2,1-5H3,(H2,51,54,55)(H,57,65,67). The van der Waals surface area contributed by atoms with Crippen LogP contribution in [0.15, 0.2) is 35.4 Å². The second kappa shape index (κ2) is 18.6. The van der Waals surface area contributed by atoms with Crippen molar-refractivity contribution in [2.24, 2.45) is 5.92 Å². The predicted molar refractivity (Wildman–Crippen MR) is 254 cm³/mol. The van der Waals surface area contributed by atoms with Crippen molar-refractivity contribution in [3.8, 4) is 28.5 Å². The van der Waals surface area contributed by atoms with Crippen LogP contribution in [0.5, 0.6) is 5.75 Å². The van der Waals surface area contributed by atoms with Gasteiger partial charge in [0, 0.05) is 69.3 Å². The number of nitrogens with two attached hydrogens (primary N) is 1. The van der Waals surface area contributed by atoms with E-state index in [4.69, 9.17) is 24.8 Å². The van der Waals surface area contributed by atoms with Gasteiger partial charge in [-0.3, -0.25) is 24.6 Å². The molecule has 1 aromatic carbocycles. The van der Waals surface area contributed by atoms with Gasteiger partial charge < -0.3 is 39.7 Å². The van der Waals surface area contributed by atoms with E-state index in [2.05, 4.69) is 54.5 Å². The summed E-state index contributed by atoms with van der Waals surface area (Å²) in [7, 11) is 0. The Morgan fingerprint density at radius 3 is 2.28 bits per heavy atom. The SMILES string of the molecule is CC(C)(C1CCN(C(=O)COC(=O)N2CC(Oc3cnc(-c4c(-c5nn(C(C)(C)C)c6ncnc(N)c56)noc4C4CC4)nc3)C2)CC1)N1CCN(c2cc(F)c(NC3CCC(=O)NC3=O)cc2F)CC1. The van der Waals surface area contributed by atoms with Crippen molar-refractivity contribution in [3.63, 3.8) is 0 Å². The molecule has 1 atom stereocenters. The summed E-state index contributed by atoms with van der Waals surface area (Å²) in [5.41, 5.74) is 7.89. The molecular formula is C48H58F2N14O7. The van der Waals surface area contributed by atoms with Crippen LogP contribution in [-0.4, -0.2) is 150 Å². The Kier molecular flexibility index (Phi) is 12.5. The van der Waals surface area contributed by atoms with E-state index in [0.29, 0.717) is 84.6 Å². The Hall–Kier alpha value is -7.04. The Morgan fingerprint density at radius 1 is 0.887 bits per heavy atom. The van der Waals surface area contributed by atoms with Crippen molar-refractivity contribution in [1.82, 2.24) is 54.9 Å². The lowest BCUT2D eigenvalue weighted by molar-refractivity contribution is -0.137. The molecule has 10 rings (SSSR count). The third-order valence-electron chi connectivity index (χ3n) is 14.5. The van der Waals surface area contributed by atoms with Crippen LogP contribution in [0.1, 0.15) is 84.8 Å². The van der Waals surface area contributed by atoms with Gasteiger partial charge in [0.15, 0.2) is 29.6 Å². The highest BCUT2D eigenvalue weighted by Crippen LogP contribution is 2.48. The second-order valence-corrected chi connectivity index (χ2v) is 20.6. The maximum Gasteiger partial charge on any atom is 0.410 e. The molecule has 0 radical (unpaired) electrons. The molecule has 0 spiro atoms. The zero-order chi connectivity index (χ0) is 49.9. The summed E-state index contributed by atoms with van der Waals surface area (Å²) in [6.07, 6.45) is 7.38. The predicted octanol–water partition coefficient (Wildman–Crippen LogP) is 4.69. The number of carbonyl (C=O) groups excluding carboxylic acids is 4. The second-order valence-electron chi connectivity index (χ2n) is 20.6. The molecule has 1 aliphatic carbocycles. The van der Waals surface area contributed by atoms with Gasteiger partial charge in [-0.05, 0) is 72.6 Å². The Morgan fingerprint density at radius 2 is 1.61 bits per heavy atom. The zero-order valence-electron chi connectivity index (χ0n) is 40.4. The fraction of sp³-hybridized carbons (Fsp3) is 0.542. The van der Waals surface area contributed by atoms with Crippen LogP contribution in [0.3, 0.4) is 0 Å². The molecule has 71 heavy (non-hydrogen) atoms. The summed E-state index contributed by atoms with van der Waals surface area (Å²) in [6.45, 7) is 13.9. The van der Waals surface area contributed by atoms with E-state index < -0.39 is 35.2 Å². The molecule has 5 aromatic rings. The van der Waals surface area contributed by atoms with Gasteiger partial charge in [0.1, 0.15) is 47.3 Å². The quantitative estimate of drug-likeness (QED) is 0.144. The number of likely N-dealkylation sites (tertiary alicyclic amines) is 2. The summed E-state index contributed by atoms with van der Waals surface area (Å²) in [4.78, 5) is 75.2. The first kappa shape index (κ1) is 47.6. The van der Waals surface area contributed by atoms with Crippen LogP contribution in [0.2, 0.25) is 0 Å². The fourth-order valence-corrected chi connectivity index (χ4v) is 10.1. The Bertz CT molecular complexity index is 2860. The molecule has 4 aliphatic heterocycles. The molecule has 0 bridgehead atoms. The normalized spacial score (nSPS) is 19.8. The summed E-state index contributed by atoms with van der Waals surface area (Å²) in [6, 6.07) is 1.39. The van der Waals surface area contributed by atoms with Gasteiger partial charge in [0.25, 0.3) is 5.91 Å². The van der Waals surface area contributed by atoms with E-state index in [-0.39, 0.29) is 85.0 Å². The first-order valence-corrected chi connectivity index (χ1v) is 24.2. The summed E-state index contributed by atoms with van der Waals surface area (Å²) >= 11 is 0. The summed E-state index contributed by atoms with van der Waals surface area (Å²) in [5.74, 6) is -0.286. The number of piperidine rings is 2. The Balaban J connectivity index is 0.671. The van der Waals surface area contributed by atoms with Gasteiger partial charge in [-0.2, -0.15) is 5.10 Å². The fourth-order valence-electron chi connectivity index (χ4n) is 10.1. The maximum absolute atomic E-state index is 15.4. The van der Waals surface area contributed by atoms with Crippen molar-refractivity contribution in [3.05, 3.63) is 48.2 Å². The summed E-state index contributed by atoms with van der Waals surface area (Å²) < 4.78 is 49.8. The minimum atomic E-state index is -0.829. The number of halogens is 2. The lowest BCUT2D eigenvalue weighted by Crippen LogP contribution is -2.59. The Labute approximate surface area is 407 Å². The first-order chi connectivity index (χ1) is 33.9. The van der Waals surface area contributed by atoms with E-state index in [1.807, 2.05) is 25.7 Å². The van der Waals surface area contributed by atoms with Gasteiger partial charge in [-0.1, -0.05) is 5.16 Å². The number of nitrogens with one attached hydrogen (secondary N) is 2. The molecule has 8 heterocycles. The monoisotopic (exact) mass is 980 g/mol. The number of imide groups is 1. The molecule has 23 heteroatoms. The first-order valence-electron chi connectivity index (χ1n) is 24.2. The number of hydrogen-bond donors (Lipinski definition) is 3. The number of ether oxygens (including phenoxy) is 2. The maximum atomic E-state index is 15.4. The topological polar surface area (TPSA) is 245 Å². The average Bonchev–Trinajstić information content (AvgIpc) is 3.95. The highest BCUT2D eigenvalue weighted by molar-refractivity contribution is 6.02. The molecule has 4 aromatic heterocycles. The minimum absolute atomic E-state index is 0.118. The van der Waals surface area contributed by atoms with Crippen LogP contribution in [-0.2, 0) is 24.7 Å². The van der Waals surface area contributed by atoms with Gasteiger partial charge >= 0.3 is 6.09 Å². The summed E-state index contributed by atoms with van der Waals surface area (Å²) in [5, 5.41) is 14.9. The molecule has 4 amide bonds. The number of carbonyl (C=O) groups is 4. The number of fused-ring (bicyclic) bond motifs is 1. The number of rotatable bonds is 12. The highest BCUT2D eigenvalue weighted by atomic mass is 19.1. The number of hydrogen-bond acceptors (Lipinski definition) is 17. The van der Waals surface area contributed by atoms with Gasteiger partial charge in [-0.15, -0.1) is 0 Å². The molecule has 4 saturated heterocycles. The van der Waals surface area contributed by atoms with E-state index in [0.717, 1.165) is 37.8 Å². The number of piperazine rings is 1. The molecule has 4 N–H and O–H groups in total. The largest absolute Gasteiger partial charge is 0.483 e. The number of anilines is 3. The van der Waals surface area contributed by atoms with Crippen LogP contribution >= 0.6 is 0 Å². The van der Waals surface area contributed by atoms with Crippen LogP contribution in [0.25, 0.3) is 33.8 Å². The molecule has 5 aliphatic rings. The molecule has 21 nitrogen and oxygen atoms in total. The smallest absolute Gasteiger partial charge is 0.410 e. The van der Waals surface area contributed by atoms with Crippen molar-refractivity contribution < 1.29 is 42.0 Å². The van der Waals surface area contributed by atoms with Crippen LogP contribution in [0.4, 0.5) is 30.8 Å². The molecule has 5 fully saturated rings. The zero-order valence-corrected chi connectivity index (χ0v) is 40.4.